The van der Waals surface area contributed by atoms with Gasteiger partial charge in [-0.05, 0) is 69.7 Å². The summed E-state index contributed by atoms with van der Waals surface area (Å²) in [5.41, 5.74) is 0.326. The van der Waals surface area contributed by atoms with E-state index in [9.17, 15) is 18.8 Å². The molecule has 1 aliphatic heterocycles. The monoisotopic (exact) mass is 431 g/mol. The van der Waals surface area contributed by atoms with E-state index in [1.54, 1.807) is 4.90 Å². The summed E-state index contributed by atoms with van der Waals surface area (Å²) in [6.07, 6.45) is 5.58. The van der Waals surface area contributed by atoms with Crippen molar-refractivity contribution in [3.05, 3.63) is 35.6 Å². The molecule has 3 amide bonds. The highest BCUT2D eigenvalue weighted by Crippen LogP contribution is 2.29. The van der Waals surface area contributed by atoms with Crippen LogP contribution in [0.5, 0.6) is 0 Å². The predicted octanol–water partition coefficient (Wildman–Crippen LogP) is 3.22. The second-order valence-electron chi connectivity index (χ2n) is 8.61. The molecule has 1 saturated carbocycles. The largest absolute Gasteiger partial charge is 0.342 e. The van der Waals surface area contributed by atoms with Crippen molar-refractivity contribution in [2.24, 2.45) is 11.8 Å². The van der Waals surface area contributed by atoms with Crippen LogP contribution >= 0.6 is 0 Å². The lowest BCUT2D eigenvalue weighted by Crippen LogP contribution is -2.55. The van der Waals surface area contributed by atoms with Crippen LogP contribution in [0.2, 0.25) is 0 Å². The van der Waals surface area contributed by atoms with Crippen LogP contribution in [0.1, 0.15) is 62.7 Å². The molecule has 7 heteroatoms. The number of carbonyl (C=O) groups excluding carboxylic acids is 3. The number of benzene rings is 1. The Morgan fingerprint density at radius 2 is 1.61 bits per heavy atom. The van der Waals surface area contributed by atoms with E-state index in [2.05, 4.69) is 5.32 Å². The van der Waals surface area contributed by atoms with E-state index in [0.717, 1.165) is 25.7 Å². The van der Waals surface area contributed by atoms with E-state index >= 15 is 0 Å². The molecule has 6 nitrogen and oxygen atoms in total. The summed E-state index contributed by atoms with van der Waals surface area (Å²) >= 11 is 0. The third-order valence-electron chi connectivity index (χ3n) is 6.76. The van der Waals surface area contributed by atoms with Gasteiger partial charge in [0.25, 0.3) is 5.91 Å². The number of likely N-dealkylation sites (N-methyl/N-ethyl adjacent to an activating group) is 1. The number of amides is 3. The van der Waals surface area contributed by atoms with Crippen molar-refractivity contribution in [3.8, 4) is 0 Å². The summed E-state index contributed by atoms with van der Waals surface area (Å²) in [4.78, 5) is 42.4. The Hall–Kier alpha value is -2.44. The van der Waals surface area contributed by atoms with E-state index in [4.69, 9.17) is 0 Å². The molecule has 31 heavy (non-hydrogen) atoms. The van der Waals surface area contributed by atoms with Crippen molar-refractivity contribution < 1.29 is 18.8 Å². The summed E-state index contributed by atoms with van der Waals surface area (Å²) in [7, 11) is 0. The molecule has 1 heterocycles. The zero-order valence-electron chi connectivity index (χ0n) is 18.6. The van der Waals surface area contributed by atoms with Gasteiger partial charge in [0.05, 0.1) is 0 Å². The number of piperidine rings is 1. The standard InChI is InChI=1S/C24H34FN3O3/c1-3-27(4-2)24(31)21(26-22(29)18-9-11-20(25)12-10-18)17-13-15-28(16-14-17)23(30)19-7-5-6-8-19/h9-12,17,19,21H,3-8,13-16H2,1-2H3,(H,26,29)/t21-/m0/s1. The van der Waals surface area contributed by atoms with Gasteiger partial charge in [-0.25, -0.2) is 4.39 Å². The van der Waals surface area contributed by atoms with Gasteiger partial charge in [0.2, 0.25) is 11.8 Å². The minimum Gasteiger partial charge on any atom is -0.342 e. The first-order chi connectivity index (χ1) is 14.9. The fourth-order valence-electron chi connectivity index (χ4n) is 4.82. The fraction of sp³-hybridized carbons (Fsp3) is 0.625. The van der Waals surface area contributed by atoms with Gasteiger partial charge >= 0.3 is 0 Å². The quantitative estimate of drug-likeness (QED) is 0.721. The molecule has 0 aromatic heterocycles. The lowest BCUT2D eigenvalue weighted by Gasteiger charge is -2.38. The Morgan fingerprint density at radius 1 is 1.03 bits per heavy atom. The van der Waals surface area contributed by atoms with Gasteiger partial charge in [-0.2, -0.15) is 0 Å². The van der Waals surface area contributed by atoms with Gasteiger partial charge in [-0.15, -0.1) is 0 Å². The maximum Gasteiger partial charge on any atom is 0.251 e. The third kappa shape index (κ3) is 5.63. The van der Waals surface area contributed by atoms with Crippen molar-refractivity contribution in [1.29, 1.82) is 0 Å². The smallest absolute Gasteiger partial charge is 0.251 e. The van der Waals surface area contributed by atoms with Gasteiger partial charge in [0.1, 0.15) is 11.9 Å². The zero-order valence-corrected chi connectivity index (χ0v) is 18.6. The summed E-state index contributed by atoms with van der Waals surface area (Å²) in [5.74, 6) is -0.520. The molecule has 1 aliphatic carbocycles. The zero-order chi connectivity index (χ0) is 22.4. The molecule has 170 valence electrons. The second kappa shape index (κ2) is 10.7. The number of nitrogens with one attached hydrogen (secondary N) is 1. The van der Waals surface area contributed by atoms with Crippen molar-refractivity contribution >= 4 is 17.7 Å². The number of carbonyl (C=O) groups is 3. The maximum absolute atomic E-state index is 13.2. The molecule has 3 rings (SSSR count). The lowest BCUT2D eigenvalue weighted by molar-refractivity contribution is -0.138. The van der Waals surface area contributed by atoms with Gasteiger partial charge in [0.15, 0.2) is 0 Å². The van der Waals surface area contributed by atoms with Crippen LogP contribution in [-0.2, 0) is 9.59 Å². The molecular formula is C24H34FN3O3. The molecule has 1 saturated heterocycles. The van der Waals surface area contributed by atoms with E-state index < -0.39 is 11.9 Å². The molecular weight excluding hydrogens is 397 g/mol. The molecule has 1 N–H and O–H groups in total. The molecule has 0 bridgehead atoms. The van der Waals surface area contributed by atoms with Gasteiger partial charge in [-0.3, -0.25) is 14.4 Å². The van der Waals surface area contributed by atoms with Gasteiger partial charge < -0.3 is 15.1 Å². The number of rotatable bonds is 7. The first kappa shape index (κ1) is 23.2. The van der Waals surface area contributed by atoms with E-state index in [-0.39, 0.29) is 29.6 Å². The van der Waals surface area contributed by atoms with Crippen LogP contribution in [0.3, 0.4) is 0 Å². The van der Waals surface area contributed by atoms with E-state index in [1.807, 2.05) is 18.7 Å². The molecule has 1 atom stereocenters. The van der Waals surface area contributed by atoms with Crippen molar-refractivity contribution in [2.45, 2.75) is 58.4 Å². The topological polar surface area (TPSA) is 69.7 Å². The number of likely N-dealkylation sites (tertiary alicyclic amines) is 1. The Bertz CT molecular complexity index is 765. The van der Waals surface area contributed by atoms with Crippen LogP contribution in [0.15, 0.2) is 24.3 Å². The average molecular weight is 432 g/mol. The molecule has 0 radical (unpaired) electrons. The molecule has 2 fully saturated rings. The van der Waals surface area contributed by atoms with Crippen LogP contribution in [0, 0.1) is 17.7 Å². The number of halogens is 1. The Kier molecular flexibility index (Phi) is 8.04. The van der Waals surface area contributed by atoms with Gasteiger partial charge in [0, 0.05) is 37.7 Å². The molecule has 2 aliphatic rings. The summed E-state index contributed by atoms with van der Waals surface area (Å²) in [5, 5.41) is 2.91. The highest BCUT2D eigenvalue weighted by Gasteiger charge is 2.37. The average Bonchev–Trinajstić information content (AvgIpc) is 3.33. The Labute approximate surface area is 184 Å². The molecule has 1 aromatic carbocycles. The van der Waals surface area contributed by atoms with Crippen molar-refractivity contribution in [3.63, 3.8) is 0 Å². The van der Waals surface area contributed by atoms with Crippen molar-refractivity contribution in [1.82, 2.24) is 15.1 Å². The molecule has 1 aromatic rings. The number of nitrogens with zero attached hydrogens (tertiary/aromatic N) is 2. The summed E-state index contributed by atoms with van der Waals surface area (Å²) in [6.45, 7) is 6.21. The van der Waals surface area contributed by atoms with Crippen LogP contribution in [0.4, 0.5) is 4.39 Å². The second-order valence-corrected chi connectivity index (χ2v) is 8.61. The summed E-state index contributed by atoms with van der Waals surface area (Å²) < 4.78 is 13.2. The van der Waals surface area contributed by atoms with Gasteiger partial charge in [-0.1, -0.05) is 12.8 Å². The maximum atomic E-state index is 13.2. The molecule has 0 spiro atoms. The van der Waals surface area contributed by atoms with E-state index in [0.29, 0.717) is 44.6 Å². The van der Waals surface area contributed by atoms with Crippen LogP contribution in [0.25, 0.3) is 0 Å². The number of hydrogen-bond acceptors (Lipinski definition) is 3. The van der Waals surface area contributed by atoms with Crippen LogP contribution < -0.4 is 5.32 Å². The highest BCUT2D eigenvalue weighted by atomic mass is 19.1. The lowest BCUT2D eigenvalue weighted by atomic mass is 9.87. The summed E-state index contributed by atoms with van der Waals surface area (Å²) in [6, 6.07) is 4.67. The third-order valence-corrected chi connectivity index (χ3v) is 6.76. The first-order valence-electron chi connectivity index (χ1n) is 11.6. The predicted molar refractivity (Wildman–Crippen MR) is 117 cm³/mol. The van der Waals surface area contributed by atoms with Crippen LogP contribution in [-0.4, -0.2) is 59.7 Å². The minimum absolute atomic E-state index is 0.0369. The highest BCUT2D eigenvalue weighted by molar-refractivity contribution is 5.97. The normalized spacial score (nSPS) is 18.6. The van der Waals surface area contributed by atoms with E-state index in [1.165, 1.54) is 24.3 Å². The first-order valence-corrected chi connectivity index (χ1v) is 11.6. The van der Waals surface area contributed by atoms with Crippen molar-refractivity contribution in [2.75, 3.05) is 26.2 Å². The SMILES string of the molecule is CCN(CC)C(=O)[C@@H](NC(=O)c1ccc(F)cc1)C1CCN(C(=O)C2CCCC2)CC1. The fourth-order valence-corrected chi connectivity index (χ4v) is 4.82. The number of hydrogen-bond donors (Lipinski definition) is 1. The Balaban J connectivity index is 1.69. The minimum atomic E-state index is -0.652. The molecule has 0 unspecified atom stereocenters. The Morgan fingerprint density at radius 3 is 2.16 bits per heavy atom.